The van der Waals surface area contributed by atoms with Gasteiger partial charge >= 0.3 is 0 Å². The van der Waals surface area contributed by atoms with E-state index in [1.165, 1.54) is 0 Å². The van der Waals surface area contributed by atoms with Crippen molar-refractivity contribution in [3.05, 3.63) is 17.5 Å². The maximum Gasteiger partial charge on any atom is 0.151 e. The molecule has 0 aliphatic heterocycles. The third kappa shape index (κ3) is 3.45. The lowest BCUT2D eigenvalue weighted by Crippen LogP contribution is -2.21. The molecule has 5 nitrogen and oxygen atoms in total. The lowest BCUT2D eigenvalue weighted by Gasteiger charge is -2.13. The van der Waals surface area contributed by atoms with Crippen LogP contribution in [0.15, 0.2) is 10.6 Å². The van der Waals surface area contributed by atoms with E-state index in [4.69, 9.17) is 15.0 Å². The second-order valence-corrected chi connectivity index (χ2v) is 3.22. The van der Waals surface area contributed by atoms with Gasteiger partial charge in [0.25, 0.3) is 0 Å². The van der Waals surface area contributed by atoms with Crippen molar-refractivity contribution in [2.45, 2.75) is 13.1 Å². The van der Waals surface area contributed by atoms with Gasteiger partial charge in [-0.15, -0.1) is 0 Å². The summed E-state index contributed by atoms with van der Waals surface area (Å²) in [6.45, 7) is 2.74. The zero-order chi connectivity index (χ0) is 10.4. The SMILES string of the molecule is COCCN(C)Cc1cc(CN)no1. The standard InChI is InChI=1S/C9H17N3O2/c1-12(3-4-13-2)7-9-5-8(6-10)11-14-9/h5H,3-4,6-7,10H2,1-2H3. The van der Waals surface area contributed by atoms with E-state index < -0.39 is 0 Å². The minimum Gasteiger partial charge on any atom is -0.383 e. The molecule has 0 unspecified atom stereocenters. The number of likely N-dealkylation sites (N-methyl/N-ethyl adjacent to an activating group) is 1. The van der Waals surface area contributed by atoms with Gasteiger partial charge in [-0.25, -0.2) is 0 Å². The molecule has 1 aromatic heterocycles. The van der Waals surface area contributed by atoms with Crippen molar-refractivity contribution in [3.8, 4) is 0 Å². The summed E-state index contributed by atoms with van der Waals surface area (Å²) in [4.78, 5) is 2.10. The Hall–Kier alpha value is -0.910. The zero-order valence-electron chi connectivity index (χ0n) is 8.69. The monoisotopic (exact) mass is 199 g/mol. The molecular weight excluding hydrogens is 182 g/mol. The molecule has 1 heterocycles. The maximum absolute atomic E-state index is 5.42. The van der Waals surface area contributed by atoms with E-state index in [2.05, 4.69) is 10.1 Å². The Bertz CT molecular complexity index is 262. The Morgan fingerprint density at radius 3 is 3.00 bits per heavy atom. The smallest absolute Gasteiger partial charge is 0.151 e. The molecule has 0 radical (unpaired) electrons. The average molecular weight is 199 g/mol. The van der Waals surface area contributed by atoms with Crippen LogP contribution in [0.5, 0.6) is 0 Å². The molecule has 0 spiro atoms. The predicted molar refractivity (Wildman–Crippen MR) is 52.6 cm³/mol. The topological polar surface area (TPSA) is 64.5 Å². The Labute approximate surface area is 83.8 Å². The van der Waals surface area contributed by atoms with Gasteiger partial charge in [-0.3, -0.25) is 4.90 Å². The molecule has 2 N–H and O–H groups in total. The van der Waals surface area contributed by atoms with Gasteiger partial charge in [0.1, 0.15) is 0 Å². The van der Waals surface area contributed by atoms with Crippen LogP contribution in [0.4, 0.5) is 0 Å². The van der Waals surface area contributed by atoms with Gasteiger partial charge in [0.2, 0.25) is 0 Å². The van der Waals surface area contributed by atoms with Gasteiger partial charge in [0, 0.05) is 26.3 Å². The molecule has 0 amide bonds. The number of methoxy groups -OCH3 is 1. The quantitative estimate of drug-likeness (QED) is 0.709. The highest BCUT2D eigenvalue weighted by Crippen LogP contribution is 2.05. The lowest BCUT2D eigenvalue weighted by atomic mass is 10.3. The van der Waals surface area contributed by atoms with Crippen molar-refractivity contribution >= 4 is 0 Å². The van der Waals surface area contributed by atoms with Crippen LogP contribution in [0.3, 0.4) is 0 Å². The van der Waals surface area contributed by atoms with Crippen molar-refractivity contribution in [3.63, 3.8) is 0 Å². The Morgan fingerprint density at radius 1 is 1.64 bits per heavy atom. The molecule has 0 bridgehead atoms. The van der Waals surface area contributed by atoms with E-state index in [0.29, 0.717) is 13.2 Å². The second-order valence-electron chi connectivity index (χ2n) is 3.22. The number of ether oxygens (including phenoxy) is 1. The third-order valence-corrected chi connectivity index (χ3v) is 1.92. The molecule has 5 heteroatoms. The first kappa shape index (κ1) is 11.2. The molecule has 0 aliphatic carbocycles. The first-order valence-corrected chi connectivity index (χ1v) is 4.58. The van der Waals surface area contributed by atoms with Gasteiger partial charge in [-0.1, -0.05) is 5.16 Å². The molecule has 0 fully saturated rings. The van der Waals surface area contributed by atoms with E-state index in [1.807, 2.05) is 13.1 Å². The number of rotatable bonds is 6. The van der Waals surface area contributed by atoms with Crippen LogP contribution in [0.2, 0.25) is 0 Å². The van der Waals surface area contributed by atoms with E-state index in [0.717, 1.165) is 24.5 Å². The lowest BCUT2D eigenvalue weighted by molar-refractivity contribution is 0.153. The van der Waals surface area contributed by atoms with Crippen molar-refractivity contribution in [1.82, 2.24) is 10.1 Å². The van der Waals surface area contributed by atoms with Crippen LogP contribution in [0.25, 0.3) is 0 Å². The zero-order valence-corrected chi connectivity index (χ0v) is 8.69. The molecule has 0 saturated carbocycles. The van der Waals surface area contributed by atoms with Crippen LogP contribution < -0.4 is 5.73 Å². The van der Waals surface area contributed by atoms with Crippen molar-refractivity contribution in [2.75, 3.05) is 27.3 Å². The molecule has 0 saturated heterocycles. The van der Waals surface area contributed by atoms with Crippen LogP contribution in [0, 0.1) is 0 Å². The van der Waals surface area contributed by atoms with Crippen LogP contribution >= 0.6 is 0 Å². The summed E-state index contributed by atoms with van der Waals surface area (Å²) in [7, 11) is 3.69. The first-order chi connectivity index (χ1) is 6.76. The Morgan fingerprint density at radius 2 is 2.43 bits per heavy atom. The predicted octanol–water partition coefficient (Wildman–Crippen LogP) is 0.212. The Kier molecular flexibility index (Phi) is 4.58. The van der Waals surface area contributed by atoms with E-state index in [1.54, 1.807) is 7.11 Å². The molecule has 14 heavy (non-hydrogen) atoms. The summed E-state index contributed by atoms with van der Waals surface area (Å²) < 4.78 is 10.1. The number of nitrogens with two attached hydrogens (primary N) is 1. The second kappa shape index (κ2) is 5.74. The Balaban J connectivity index is 2.35. The minimum atomic E-state index is 0.422. The molecule has 80 valence electrons. The van der Waals surface area contributed by atoms with Gasteiger partial charge in [-0.05, 0) is 7.05 Å². The number of hydrogen-bond donors (Lipinski definition) is 1. The molecule has 0 atom stereocenters. The highest BCUT2D eigenvalue weighted by molar-refractivity contribution is 5.04. The number of hydrogen-bond acceptors (Lipinski definition) is 5. The summed E-state index contributed by atoms with van der Waals surface area (Å²) in [5, 5.41) is 3.81. The summed E-state index contributed by atoms with van der Waals surface area (Å²) in [6, 6.07) is 1.88. The van der Waals surface area contributed by atoms with E-state index >= 15 is 0 Å². The molecule has 1 aromatic rings. The van der Waals surface area contributed by atoms with Crippen molar-refractivity contribution < 1.29 is 9.26 Å². The van der Waals surface area contributed by atoms with Gasteiger partial charge in [-0.2, -0.15) is 0 Å². The fourth-order valence-corrected chi connectivity index (χ4v) is 1.12. The van der Waals surface area contributed by atoms with Crippen molar-refractivity contribution in [2.24, 2.45) is 5.73 Å². The average Bonchev–Trinajstić information content (AvgIpc) is 2.62. The fraction of sp³-hybridized carbons (Fsp3) is 0.667. The van der Waals surface area contributed by atoms with Gasteiger partial charge in [0.05, 0.1) is 18.8 Å². The molecule has 0 aliphatic rings. The van der Waals surface area contributed by atoms with Crippen LogP contribution in [0.1, 0.15) is 11.5 Å². The number of aromatic nitrogens is 1. The van der Waals surface area contributed by atoms with E-state index in [9.17, 15) is 0 Å². The van der Waals surface area contributed by atoms with Crippen LogP contribution in [-0.4, -0.2) is 37.4 Å². The summed E-state index contributed by atoms with van der Waals surface area (Å²) in [5.74, 6) is 0.837. The van der Waals surface area contributed by atoms with Gasteiger partial charge < -0.3 is 15.0 Å². The third-order valence-electron chi connectivity index (χ3n) is 1.92. The van der Waals surface area contributed by atoms with Crippen molar-refractivity contribution in [1.29, 1.82) is 0 Å². The number of nitrogens with zero attached hydrogens (tertiary/aromatic N) is 2. The highest BCUT2D eigenvalue weighted by atomic mass is 16.5. The minimum absolute atomic E-state index is 0.422. The summed E-state index contributed by atoms with van der Waals surface area (Å²) in [6.07, 6.45) is 0. The van der Waals surface area contributed by atoms with Crippen LogP contribution in [-0.2, 0) is 17.8 Å². The van der Waals surface area contributed by atoms with E-state index in [-0.39, 0.29) is 0 Å². The highest BCUT2D eigenvalue weighted by Gasteiger charge is 2.05. The largest absolute Gasteiger partial charge is 0.383 e. The van der Waals surface area contributed by atoms with Gasteiger partial charge in [0.15, 0.2) is 5.76 Å². The first-order valence-electron chi connectivity index (χ1n) is 4.58. The summed E-state index contributed by atoms with van der Waals surface area (Å²) >= 11 is 0. The summed E-state index contributed by atoms with van der Waals surface area (Å²) in [5.41, 5.74) is 6.21. The molecule has 1 rings (SSSR count). The maximum atomic E-state index is 5.42. The normalized spacial score (nSPS) is 11.1. The molecule has 0 aromatic carbocycles. The fourth-order valence-electron chi connectivity index (χ4n) is 1.12. The molecular formula is C9H17N3O2.